The zero-order chi connectivity index (χ0) is 23.6. The number of aliphatic carboxylic acids is 1. The lowest BCUT2D eigenvalue weighted by Gasteiger charge is -2.26. The normalized spacial score (nSPS) is 15.9. The van der Waals surface area contributed by atoms with Gasteiger partial charge in [-0.1, -0.05) is 13.8 Å². The summed E-state index contributed by atoms with van der Waals surface area (Å²) in [6.45, 7) is 4.55. The molecule has 9 N–H and O–H groups in total. The van der Waals surface area contributed by atoms with Gasteiger partial charge in [-0.05, 0) is 19.8 Å². The predicted octanol–water partition coefficient (Wildman–Crippen LogP) is -3.98. The van der Waals surface area contributed by atoms with Crippen LogP contribution >= 0.6 is 0 Å². The third kappa shape index (κ3) is 9.15. The number of carboxylic acid groups (broad SMARTS) is 1. The molecule has 0 saturated heterocycles. The van der Waals surface area contributed by atoms with Crippen molar-refractivity contribution in [3.63, 3.8) is 0 Å². The highest BCUT2D eigenvalue weighted by Crippen LogP contribution is 2.03. The van der Waals surface area contributed by atoms with Crippen molar-refractivity contribution in [3.8, 4) is 0 Å². The summed E-state index contributed by atoms with van der Waals surface area (Å²) in [5.41, 5.74) is 5.36. The molecular formula is C17H31N5O8. The standard InChI is InChI=1S/C17H31N5O8/c1-7(2)12(16(29)19-5-11(25)26)21-14(27)8(3)20-17(30)13(9(4)24)22-15(28)10(18)6-23/h7-10,12-13,23-24H,5-6,18H2,1-4H3,(H,19,29)(H,20,30)(H,21,27)(H,22,28)(H,25,26)/t8-,9+,10-,12-,13-/m0/s1. The summed E-state index contributed by atoms with van der Waals surface area (Å²) < 4.78 is 0. The second-order valence-corrected chi connectivity index (χ2v) is 7.09. The Balaban J connectivity index is 5.05. The van der Waals surface area contributed by atoms with Gasteiger partial charge in [0, 0.05) is 0 Å². The van der Waals surface area contributed by atoms with E-state index in [2.05, 4.69) is 21.3 Å². The predicted molar refractivity (Wildman–Crippen MR) is 104 cm³/mol. The van der Waals surface area contributed by atoms with Crippen molar-refractivity contribution in [3.05, 3.63) is 0 Å². The molecule has 13 nitrogen and oxygen atoms in total. The van der Waals surface area contributed by atoms with E-state index in [0.29, 0.717) is 0 Å². The van der Waals surface area contributed by atoms with Crippen molar-refractivity contribution >= 4 is 29.6 Å². The molecule has 0 aromatic rings. The number of hydrogen-bond donors (Lipinski definition) is 8. The van der Waals surface area contributed by atoms with Crippen LogP contribution in [0.5, 0.6) is 0 Å². The van der Waals surface area contributed by atoms with Crippen LogP contribution in [0, 0.1) is 5.92 Å². The molecule has 0 radical (unpaired) electrons. The van der Waals surface area contributed by atoms with Crippen LogP contribution in [0.2, 0.25) is 0 Å². The summed E-state index contributed by atoms with van der Waals surface area (Å²) >= 11 is 0. The largest absolute Gasteiger partial charge is 0.480 e. The molecule has 5 atom stereocenters. The number of nitrogens with two attached hydrogens (primary N) is 1. The van der Waals surface area contributed by atoms with Gasteiger partial charge in [0.25, 0.3) is 0 Å². The lowest BCUT2D eigenvalue weighted by atomic mass is 10.0. The number of nitrogens with one attached hydrogen (secondary N) is 4. The van der Waals surface area contributed by atoms with Crippen molar-refractivity contribution in [2.24, 2.45) is 11.7 Å². The fraction of sp³-hybridized carbons (Fsp3) is 0.706. The first-order valence-corrected chi connectivity index (χ1v) is 9.26. The van der Waals surface area contributed by atoms with Gasteiger partial charge in [0.2, 0.25) is 23.6 Å². The minimum atomic E-state index is -1.44. The highest BCUT2D eigenvalue weighted by Gasteiger charge is 2.31. The maximum atomic E-state index is 12.4. The molecule has 0 aromatic heterocycles. The Morgan fingerprint density at radius 3 is 1.80 bits per heavy atom. The smallest absolute Gasteiger partial charge is 0.322 e. The Bertz CT molecular complexity index is 640. The van der Waals surface area contributed by atoms with Crippen LogP contribution in [0.1, 0.15) is 27.7 Å². The average Bonchev–Trinajstić information content (AvgIpc) is 2.66. The molecule has 0 heterocycles. The lowest BCUT2D eigenvalue weighted by Crippen LogP contribution is -2.60. The van der Waals surface area contributed by atoms with Crippen LogP contribution < -0.4 is 27.0 Å². The summed E-state index contributed by atoms with van der Waals surface area (Å²) in [6, 6.07) is -4.94. The van der Waals surface area contributed by atoms with Gasteiger partial charge in [0.15, 0.2) is 0 Å². The Labute approximate surface area is 173 Å². The maximum Gasteiger partial charge on any atom is 0.322 e. The van der Waals surface area contributed by atoms with Crippen LogP contribution in [0.25, 0.3) is 0 Å². The Morgan fingerprint density at radius 2 is 1.37 bits per heavy atom. The van der Waals surface area contributed by atoms with Crippen molar-refractivity contribution in [1.29, 1.82) is 0 Å². The summed E-state index contributed by atoms with van der Waals surface area (Å²) in [5.74, 6) is -4.82. The van der Waals surface area contributed by atoms with Crippen molar-refractivity contribution in [2.75, 3.05) is 13.2 Å². The van der Waals surface area contributed by atoms with E-state index in [1.165, 1.54) is 13.8 Å². The third-order valence-electron chi connectivity index (χ3n) is 4.01. The molecule has 0 aromatic carbocycles. The van der Waals surface area contributed by atoms with Gasteiger partial charge in [-0.3, -0.25) is 24.0 Å². The number of carboxylic acids is 1. The average molecular weight is 433 g/mol. The molecule has 0 spiro atoms. The van der Waals surface area contributed by atoms with E-state index in [1.807, 2.05) is 0 Å². The molecule has 30 heavy (non-hydrogen) atoms. The zero-order valence-electron chi connectivity index (χ0n) is 17.3. The number of hydrogen-bond acceptors (Lipinski definition) is 8. The van der Waals surface area contributed by atoms with E-state index in [4.69, 9.17) is 15.9 Å². The molecule has 0 aliphatic heterocycles. The SMILES string of the molecule is CC(C)[C@H](NC(=O)[C@H](C)NC(=O)[C@@H](NC(=O)[C@@H](N)CO)[C@@H](C)O)C(=O)NCC(=O)O. The number of carbonyl (C=O) groups is 5. The van der Waals surface area contributed by atoms with Crippen LogP contribution in [0.4, 0.5) is 0 Å². The van der Waals surface area contributed by atoms with E-state index in [-0.39, 0.29) is 5.92 Å². The second kappa shape index (κ2) is 12.7. The molecule has 0 rings (SSSR count). The lowest BCUT2D eigenvalue weighted by molar-refractivity contribution is -0.139. The Hall–Kier alpha value is -2.77. The third-order valence-corrected chi connectivity index (χ3v) is 4.01. The van der Waals surface area contributed by atoms with Gasteiger partial charge in [-0.2, -0.15) is 0 Å². The van der Waals surface area contributed by atoms with E-state index in [1.54, 1.807) is 13.8 Å². The molecule has 4 amide bonds. The number of aliphatic hydroxyl groups is 2. The number of aliphatic hydroxyl groups excluding tert-OH is 2. The van der Waals surface area contributed by atoms with Gasteiger partial charge >= 0.3 is 5.97 Å². The van der Waals surface area contributed by atoms with Gasteiger partial charge in [-0.15, -0.1) is 0 Å². The van der Waals surface area contributed by atoms with E-state index in [0.717, 1.165) is 0 Å². The van der Waals surface area contributed by atoms with E-state index in [9.17, 15) is 29.1 Å². The minimum Gasteiger partial charge on any atom is -0.480 e. The van der Waals surface area contributed by atoms with Gasteiger partial charge in [-0.25, -0.2) is 0 Å². The van der Waals surface area contributed by atoms with Crippen LogP contribution in [-0.4, -0.2) is 88.3 Å². The highest BCUT2D eigenvalue weighted by molar-refractivity contribution is 5.95. The summed E-state index contributed by atoms with van der Waals surface area (Å²) in [7, 11) is 0. The molecule has 0 saturated carbocycles. The first kappa shape index (κ1) is 27.2. The van der Waals surface area contributed by atoms with Gasteiger partial charge < -0.3 is 42.3 Å². The second-order valence-electron chi connectivity index (χ2n) is 7.09. The molecular weight excluding hydrogens is 402 g/mol. The number of amides is 4. The van der Waals surface area contributed by atoms with Crippen molar-refractivity contribution in [1.82, 2.24) is 21.3 Å². The molecule has 0 fully saturated rings. The van der Waals surface area contributed by atoms with E-state index < -0.39 is 73.0 Å². The van der Waals surface area contributed by atoms with Crippen molar-refractivity contribution < 1.29 is 39.3 Å². The fourth-order valence-corrected chi connectivity index (χ4v) is 2.20. The highest BCUT2D eigenvalue weighted by atomic mass is 16.4. The molecule has 0 unspecified atom stereocenters. The Morgan fingerprint density at radius 1 is 0.833 bits per heavy atom. The molecule has 0 aliphatic carbocycles. The van der Waals surface area contributed by atoms with Crippen molar-refractivity contribution in [2.45, 2.75) is 58.0 Å². The fourth-order valence-electron chi connectivity index (χ4n) is 2.20. The van der Waals surface area contributed by atoms with Gasteiger partial charge in [0.05, 0.1) is 12.7 Å². The molecule has 0 aliphatic rings. The number of rotatable bonds is 12. The summed E-state index contributed by atoms with van der Waals surface area (Å²) in [6.07, 6.45) is -1.33. The quantitative estimate of drug-likeness (QED) is 0.150. The topological polar surface area (TPSA) is 220 Å². The zero-order valence-corrected chi connectivity index (χ0v) is 17.3. The number of carbonyl (C=O) groups excluding carboxylic acids is 4. The minimum absolute atomic E-state index is 0.380. The van der Waals surface area contributed by atoms with Crippen LogP contribution in [-0.2, 0) is 24.0 Å². The van der Waals surface area contributed by atoms with Gasteiger partial charge in [0.1, 0.15) is 30.7 Å². The summed E-state index contributed by atoms with van der Waals surface area (Å²) in [5, 5.41) is 36.3. The first-order chi connectivity index (χ1) is 13.8. The first-order valence-electron chi connectivity index (χ1n) is 9.26. The molecule has 13 heteroatoms. The van der Waals surface area contributed by atoms with Crippen LogP contribution in [0.15, 0.2) is 0 Å². The maximum absolute atomic E-state index is 12.4. The van der Waals surface area contributed by atoms with E-state index >= 15 is 0 Å². The summed E-state index contributed by atoms with van der Waals surface area (Å²) in [4.78, 5) is 59.2. The molecule has 0 bridgehead atoms. The molecule has 172 valence electrons. The monoisotopic (exact) mass is 433 g/mol. The van der Waals surface area contributed by atoms with Crippen LogP contribution in [0.3, 0.4) is 0 Å². The Kier molecular flexibility index (Phi) is 11.5.